The molecule has 3 aromatic rings. The molecule has 0 amide bonds. The van der Waals surface area contributed by atoms with Crippen LogP contribution in [0.2, 0.25) is 5.02 Å². The van der Waals surface area contributed by atoms with Crippen LogP contribution in [0.5, 0.6) is 0 Å². The zero-order chi connectivity index (χ0) is 19.0. The highest BCUT2D eigenvalue weighted by atomic mass is 35.5. The second-order valence-electron chi connectivity index (χ2n) is 6.58. The average Bonchev–Trinajstić information content (AvgIpc) is 3.21. The fourth-order valence-corrected chi connectivity index (χ4v) is 3.28. The zero-order valence-corrected chi connectivity index (χ0v) is 15.4. The van der Waals surface area contributed by atoms with Crippen molar-refractivity contribution in [3.63, 3.8) is 0 Å². The number of aliphatic hydroxyl groups is 2. The Morgan fingerprint density at radius 2 is 1.74 bits per heavy atom. The second-order valence-corrected chi connectivity index (χ2v) is 7.02. The van der Waals surface area contributed by atoms with Gasteiger partial charge in [-0.2, -0.15) is 5.10 Å². The number of hydrogen-bond acceptors (Lipinski definition) is 5. The maximum absolute atomic E-state index is 10.3. The lowest BCUT2D eigenvalue weighted by Gasteiger charge is -2.14. The van der Waals surface area contributed by atoms with E-state index in [4.69, 9.17) is 16.3 Å². The lowest BCUT2D eigenvalue weighted by atomic mass is 10.1. The summed E-state index contributed by atoms with van der Waals surface area (Å²) in [5.41, 5.74) is 3.26. The highest BCUT2D eigenvalue weighted by Gasteiger charge is 2.42. The van der Waals surface area contributed by atoms with E-state index < -0.39 is 24.5 Å². The Bertz CT molecular complexity index is 914. The highest BCUT2D eigenvalue weighted by Crippen LogP contribution is 2.34. The van der Waals surface area contributed by atoms with E-state index in [0.717, 1.165) is 22.6 Å². The number of rotatable bonds is 4. The van der Waals surface area contributed by atoms with Crippen LogP contribution >= 0.6 is 11.6 Å². The fraction of sp³-hybridized carbons (Fsp3) is 0.250. The summed E-state index contributed by atoms with van der Waals surface area (Å²) < 4.78 is 7.25. The molecule has 7 heteroatoms. The van der Waals surface area contributed by atoms with E-state index in [0.29, 0.717) is 5.02 Å². The predicted octanol–water partition coefficient (Wildman–Crippen LogP) is 3.59. The van der Waals surface area contributed by atoms with Gasteiger partial charge in [0.15, 0.2) is 6.23 Å². The van der Waals surface area contributed by atoms with Crippen molar-refractivity contribution in [2.75, 3.05) is 5.32 Å². The van der Waals surface area contributed by atoms with E-state index in [-0.39, 0.29) is 0 Å². The van der Waals surface area contributed by atoms with Crippen LogP contribution in [0.15, 0.2) is 60.8 Å². The molecule has 6 nitrogen and oxygen atoms in total. The van der Waals surface area contributed by atoms with Crippen molar-refractivity contribution in [1.82, 2.24) is 9.78 Å². The molecular weight excluding hydrogens is 366 g/mol. The summed E-state index contributed by atoms with van der Waals surface area (Å²) in [6, 6.07) is 17.1. The Hall–Kier alpha value is -2.38. The van der Waals surface area contributed by atoms with Gasteiger partial charge in [-0.15, -0.1) is 0 Å². The molecule has 0 aliphatic carbocycles. The number of halogens is 1. The number of ether oxygens (including phenoxy) is 1. The van der Waals surface area contributed by atoms with Crippen LogP contribution in [0.25, 0.3) is 11.3 Å². The largest absolute Gasteiger partial charge is 0.388 e. The van der Waals surface area contributed by atoms with Gasteiger partial charge in [-0.3, -0.25) is 0 Å². The minimum atomic E-state index is -1.05. The number of aliphatic hydroxyl groups excluding tert-OH is 2. The van der Waals surface area contributed by atoms with Gasteiger partial charge in [-0.1, -0.05) is 41.9 Å². The number of nitrogens with zero attached hydrogens (tertiary/aromatic N) is 2. The van der Waals surface area contributed by atoms with E-state index >= 15 is 0 Å². The minimum Gasteiger partial charge on any atom is -0.388 e. The van der Waals surface area contributed by atoms with Gasteiger partial charge in [0.2, 0.25) is 0 Å². The van der Waals surface area contributed by atoms with Gasteiger partial charge in [-0.25, -0.2) is 4.68 Å². The van der Waals surface area contributed by atoms with Crippen molar-refractivity contribution in [2.24, 2.45) is 0 Å². The van der Waals surface area contributed by atoms with Crippen LogP contribution in [0.3, 0.4) is 0 Å². The molecule has 1 saturated heterocycles. The van der Waals surface area contributed by atoms with Crippen LogP contribution in [-0.4, -0.2) is 38.3 Å². The first-order chi connectivity index (χ1) is 13.0. The molecule has 0 radical (unpaired) electrons. The predicted molar refractivity (Wildman–Crippen MR) is 104 cm³/mol. The topological polar surface area (TPSA) is 79.5 Å². The molecule has 3 N–H and O–H groups in total. The van der Waals surface area contributed by atoms with E-state index in [1.165, 1.54) is 0 Å². The summed E-state index contributed by atoms with van der Waals surface area (Å²) in [4.78, 5) is 0. The molecular formula is C20H20ClN3O3. The quantitative estimate of drug-likeness (QED) is 0.639. The molecule has 2 heterocycles. The minimum absolute atomic E-state index is 0.470. The van der Waals surface area contributed by atoms with Crippen molar-refractivity contribution in [1.29, 1.82) is 0 Å². The van der Waals surface area contributed by atoms with Crippen molar-refractivity contribution in [3.05, 3.63) is 65.8 Å². The Labute approximate surface area is 162 Å². The molecule has 4 rings (SSSR count). The number of aromatic nitrogens is 2. The van der Waals surface area contributed by atoms with Crippen molar-refractivity contribution >= 4 is 23.0 Å². The lowest BCUT2D eigenvalue weighted by Crippen LogP contribution is -2.30. The van der Waals surface area contributed by atoms with Gasteiger partial charge >= 0.3 is 0 Å². The summed E-state index contributed by atoms with van der Waals surface area (Å²) in [7, 11) is 0. The molecule has 0 spiro atoms. The molecule has 0 bridgehead atoms. The van der Waals surface area contributed by atoms with Crippen LogP contribution < -0.4 is 5.32 Å². The first-order valence-corrected chi connectivity index (χ1v) is 9.09. The van der Waals surface area contributed by atoms with Gasteiger partial charge in [0.05, 0.1) is 18.0 Å². The van der Waals surface area contributed by atoms with Crippen LogP contribution in [0, 0.1) is 0 Å². The first kappa shape index (κ1) is 18.0. The molecule has 4 atom stereocenters. The van der Waals surface area contributed by atoms with Gasteiger partial charge in [0.25, 0.3) is 0 Å². The van der Waals surface area contributed by atoms with Gasteiger partial charge in [-0.05, 0) is 31.2 Å². The molecule has 0 unspecified atom stereocenters. The summed E-state index contributed by atoms with van der Waals surface area (Å²) in [6.45, 7) is 1.72. The third kappa shape index (κ3) is 3.57. The molecule has 140 valence electrons. The van der Waals surface area contributed by atoms with Crippen molar-refractivity contribution in [3.8, 4) is 11.3 Å². The second kappa shape index (κ2) is 7.32. The third-order valence-electron chi connectivity index (χ3n) is 4.64. The van der Waals surface area contributed by atoms with Gasteiger partial charge < -0.3 is 20.3 Å². The van der Waals surface area contributed by atoms with E-state index in [1.54, 1.807) is 29.9 Å². The summed E-state index contributed by atoms with van der Waals surface area (Å²) >= 11 is 5.96. The molecule has 0 saturated carbocycles. The standard InChI is InChI=1S/C20H20ClN3O3/c1-12-18(25)19(26)20(27-12)24-11-16(22-15-9-7-14(21)8-10-15)17(23-24)13-5-3-2-4-6-13/h2-12,18-20,22,25-26H,1H3/t12-,18+,19+,20+/m0/s1. The van der Waals surface area contributed by atoms with Gasteiger partial charge in [0.1, 0.15) is 17.9 Å². The third-order valence-corrected chi connectivity index (χ3v) is 4.89. The number of anilines is 2. The molecule has 1 fully saturated rings. The lowest BCUT2D eigenvalue weighted by molar-refractivity contribution is -0.0395. The molecule has 1 aliphatic rings. The van der Waals surface area contributed by atoms with E-state index in [1.807, 2.05) is 42.5 Å². The first-order valence-electron chi connectivity index (χ1n) is 8.71. The summed E-state index contributed by atoms with van der Waals surface area (Å²) in [5, 5.41) is 28.9. The Morgan fingerprint density at radius 1 is 1.04 bits per heavy atom. The maximum atomic E-state index is 10.3. The molecule has 2 aromatic carbocycles. The molecule has 1 aromatic heterocycles. The number of benzene rings is 2. The molecule has 27 heavy (non-hydrogen) atoms. The average molecular weight is 386 g/mol. The van der Waals surface area contributed by atoms with Crippen LogP contribution in [-0.2, 0) is 4.74 Å². The monoisotopic (exact) mass is 385 g/mol. The SMILES string of the molecule is C[C@@H]1O[C@@H](n2cc(Nc3ccc(Cl)cc3)c(-c3ccccc3)n2)[C@H](O)[C@@H]1O. The number of nitrogens with one attached hydrogen (secondary N) is 1. The van der Waals surface area contributed by atoms with Crippen molar-refractivity contribution < 1.29 is 14.9 Å². The smallest absolute Gasteiger partial charge is 0.179 e. The Kier molecular flexibility index (Phi) is 4.88. The highest BCUT2D eigenvalue weighted by molar-refractivity contribution is 6.30. The van der Waals surface area contributed by atoms with Gasteiger partial charge in [0, 0.05) is 16.3 Å². The summed E-state index contributed by atoms with van der Waals surface area (Å²) in [5.74, 6) is 0. The Balaban J connectivity index is 1.72. The zero-order valence-electron chi connectivity index (χ0n) is 14.7. The maximum Gasteiger partial charge on any atom is 0.179 e. The van der Waals surface area contributed by atoms with Crippen LogP contribution in [0.1, 0.15) is 13.2 Å². The Morgan fingerprint density at radius 3 is 2.37 bits per heavy atom. The van der Waals surface area contributed by atoms with Crippen molar-refractivity contribution in [2.45, 2.75) is 31.5 Å². The molecule has 1 aliphatic heterocycles. The fourth-order valence-electron chi connectivity index (χ4n) is 3.16. The van der Waals surface area contributed by atoms with E-state index in [2.05, 4.69) is 10.4 Å². The normalized spacial score (nSPS) is 24.9. The summed E-state index contributed by atoms with van der Waals surface area (Å²) in [6.07, 6.45) is -1.45. The van der Waals surface area contributed by atoms with E-state index in [9.17, 15) is 10.2 Å². The van der Waals surface area contributed by atoms with Crippen LogP contribution in [0.4, 0.5) is 11.4 Å². The number of hydrogen-bond donors (Lipinski definition) is 3.